The van der Waals surface area contributed by atoms with Crippen molar-refractivity contribution in [3.63, 3.8) is 0 Å². The maximum Gasteiger partial charge on any atom is 0.123 e. The van der Waals surface area contributed by atoms with Crippen LogP contribution < -0.4 is 10.5 Å². The highest BCUT2D eigenvalue weighted by Crippen LogP contribution is 2.26. The number of nitrogens with zero attached hydrogens (tertiary/aromatic N) is 1. The molecule has 5 heteroatoms. The van der Waals surface area contributed by atoms with Crippen LogP contribution in [0.3, 0.4) is 0 Å². The zero-order valence-electron chi connectivity index (χ0n) is 11.3. The summed E-state index contributed by atoms with van der Waals surface area (Å²) in [5, 5.41) is 0. The lowest BCUT2D eigenvalue weighted by molar-refractivity contribution is 0.169. The molecule has 108 valence electrons. The van der Waals surface area contributed by atoms with Gasteiger partial charge in [-0.3, -0.25) is 4.90 Å². The van der Waals surface area contributed by atoms with Crippen molar-refractivity contribution < 1.29 is 4.74 Å². The summed E-state index contributed by atoms with van der Waals surface area (Å²) in [6.45, 7) is 4.00. The van der Waals surface area contributed by atoms with E-state index in [9.17, 15) is 0 Å². The van der Waals surface area contributed by atoms with E-state index in [2.05, 4.69) is 26.9 Å². The molecule has 1 saturated heterocycles. The van der Waals surface area contributed by atoms with Gasteiger partial charge in [0.15, 0.2) is 0 Å². The molecule has 3 nitrogen and oxygen atoms in total. The van der Waals surface area contributed by atoms with E-state index in [1.807, 2.05) is 12.1 Å². The molecule has 2 rings (SSSR count). The zero-order chi connectivity index (χ0) is 13.0. The first-order valence-electron chi connectivity index (χ1n) is 6.47. The van der Waals surface area contributed by atoms with E-state index in [4.69, 9.17) is 10.5 Å². The highest BCUT2D eigenvalue weighted by Gasteiger charge is 2.19. The zero-order valence-corrected chi connectivity index (χ0v) is 13.7. The van der Waals surface area contributed by atoms with Gasteiger partial charge in [0.1, 0.15) is 5.75 Å². The summed E-state index contributed by atoms with van der Waals surface area (Å²) < 4.78 is 6.53. The fraction of sp³-hybridized carbons (Fsp3) is 0.571. The van der Waals surface area contributed by atoms with Crippen LogP contribution in [0.1, 0.15) is 18.4 Å². The largest absolute Gasteiger partial charge is 0.496 e. The van der Waals surface area contributed by atoms with Crippen LogP contribution >= 0.6 is 28.3 Å². The van der Waals surface area contributed by atoms with E-state index in [-0.39, 0.29) is 12.4 Å². The highest BCUT2D eigenvalue weighted by atomic mass is 79.9. The Balaban J connectivity index is 0.00000180. The van der Waals surface area contributed by atoms with Gasteiger partial charge in [-0.1, -0.05) is 15.9 Å². The summed E-state index contributed by atoms with van der Waals surface area (Å²) in [7, 11) is 1.73. The molecular formula is C14H22BrClN2O. The summed E-state index contributed by atoms with van der Waals surface area (Å²) in [4.78, 5) is 2.48. The van der Waals surface area contributed by atoms with E-state index in [1.54, 1.807) is 7.11 Å². The Morgan fingerprint density at radius 2 is 2.26 bits per heavy atom. The van der Waals surface area contributed by atoms with Crippen LogP contribution in [0, 0.1) is 5.92 Å². The van der Waals surface area contributed by atoms with Crippen LogP contribution in [0.5, 0.6) is 5.75 Å². The molecule has 1 fully saturated rings. The lowest BCUT2D eigenvalue weighted by Gasteiger charge is -2.32. The lowest BCUT2D eigenvalue weighted by Crippen LogP contribution is -2.37. The summed E-state index contributed by atoms with van der Waals surface area (Å²) in [5.41, 5.74) is 7.02. The Kier molecular flexibility index (Phi) is 7.15. The van der Waals surface area contributed by atoms with E-state index >= 15 is 0 Å². The van der Waals surface area contributed by atoms with E-state index < -0.39 is 0 Å². The fourth-order valence-electron chi connectivity index (χ4n) is 2.60. The van der Waals surface area contributed by atoms with Gasteiger partial charge < -0.3 is 10.5 Å². The van der Waals surface area contributed by atoms with Gasteiger partial charge in [-0.2, -0.15) is 0 Å². The average Bonchev–Trinajstić information content (AvgIpc) is 2.39. The van der Waals surface area contributed by atoms with Crippen LogP contribution in [-0.2, 0) is 6.54 Å². The molecule has 0 spiro atoms. The van der Waals surface area contributed by atoms with Gasteiger partial charge in [0.05, 0.1) is 7.11 Å². The van der Waals surface area contributed by atoms with Gasteiger partial charge in [-0.15, -0.1) is 12.4 Å². The molecule has 1 atom stereocenters. The molecule has 0 amide bonds. The predicted molar refractivity (Wildman–Crippen MR) is 85.0 cm³/mol. The van der Waals surface area contributed by atoms with Gasteiger partial charge in [0.2, 0.25) is 0 Å². The van der Waals surface area contributed by atoms with Crippen LogP contribution in [0.15, 0.2) is 22.7 Å². The Morgan fingerprint density at radius 3 is 2.95 bits per heavy atom. The minimum absolute atomic E-state index is 0. The predicted octanol–water partition coefficient (Wildman–Crippen LogP) is 3.05. The minimum Gasteiger partial charge on any atom is -0.496 e. The van der Waals surface area contributed by atoms with Crippen LogP contribution in [0.4, 0.5) is 0 Å². The van der Waals surface area contributed by atoms with Crippen molar-refractivity contribution >= 4 is 28.3 Å². The third-order valence-corrected chi connectivity index (χ3v) is 4.07. The Hall–Kier alpha value is -0.290. The first kappa shape index (κ1) is 16.8. The number of hydrogen-bond acceptors (Lipinski definition) is 3. The number of methoxy groups -OCH3 is 1. The lowest BCUT2D eigenvalue weighted by atomic mass is 9.98. The van der Waals surface area contributed by atoms with Gasteiger partial charge in [0.25, 0.3) is 0 Å². The van der Waals surface area contributed by atoms with Crippen LogP contribution in [0.25, 0.3) is 0 Å². The second-order valence-corrected chi connectivity index (χ2v) is 5.85. The SMILES string of the molecule is COc1ccc(Br)cc1CN1CCCC(CN)C1.Cl. The summed E-state index contributed by atoms with van der Waals surface area (Å²) >= 11 is 3.52. The number of likely N-dealkylation sites (tertiary alicyclic amines) is 1. The minimum atomic E-state index is 0. The monoisotopic (exact) mass is 348 g/mol. The number of nitrogens with two attached hydrogens (primary N) is 1. The third-order valence-electron chi connectivity index (χ3n) is 3.57. The quantitative estimate of drug-likeness (QED) is 0.908. The average molecular weight is 350 g/mol. The standard InChI is InChI=1S/C14H21BrN2O.ClH/c1-18-14-5-4-13(15)7-12(14)10-17-6-2-3-11(8-16)9-17;/h4-5,7,11H,2-3,6,8-10,16H2,1H3;1H. The molecule has 1 aromatic rings. The number of benzene rings is 1. The molecule has 0 radical (unpaired) electrons. The first-order chi connectivity index (χ1) is 8.72. The topological polar surface area (TPSA) is 38.5 Å². The molecule has 0 aromatic heterocycles. The van der Waals surface area contributed by atoms with Crippen molar-refractivity contribution in [2.24, 2.45) is 11.7 Å². The smallest absolute Gasteiger partial charge is 0.123 e. The molecular weight excluding hydrogens is 328 g/mol. The molecule has 0 aliphatic carbocycles. The van der Waals surface area contributed by atoms with Crippen molar-refractivity contribution in [3.8, 4) is 5.75 Å². The molecule has 1 aliphatic heterocycles. The van der Waals surface area contributed by atoms with E-state index in [0.29, 0.717) is 5.92 Å². The fourth-order valence-corrected chi connectivity index (χ4v) is 3.01. The second-order valence-electron chi connectivity index (χ2n) is 4.94. The first-order valence-corrected chi connectivity index (χ1v) is 7.27. The summed E-state index contributed by atoms with van der Waals surface area (Å²) in [6.07, 6.45) is 2.51. The Morgan fingerprint density at radius 1 is 1.47 bits per heavy atom. The van der Waals surface area contributed by atoms with Gasteiger partial charge in [-0.25, -0.2) is 0 Å². The molecule has 0 bridgehead atoms. The molecule has 0 saturated carbocycles. The third kappa shape index (κ3) is 4.63. The van der Waals surface area contributed by atoms with Crippen LogP contribution in [0.2, 0.25) is 0 Å². The maximum atomic E-state index is 5.78. The van der Waals surface area contributed by atoms with Crippen molar-refractivity contribution in [2.75, 3.05) is 26.7 Å². The normalized spacial score (nSPS) is 19.8. The van der Waals surface area contributed by atoms with Crippen molar-refractivity contribution in [3.05, 3.63) is 28.2 Å². The number of hydrogen-bond donors (Lipinski definition) is 1. The van der Waals surface area contributed by atoms with E-state index in [1.165, 1.54) is 18.4 Å². The summed E-state index contributed by atoms with van der Waals surface area (Å²) in [6, 6.07) is 6.18. The van der Waals surface area contributed by atoms with Crippen molar-refractivity contribution in [1.82, 2.24) is 4.90 Å². The summed E-state index contributed by atoms with van der Waals surface area (Å²) in [5.74, 6) is 1.62. The molecule has 1 heterocycles. The van der Waals surface area contributed by atoms with Crippen molar-refractivity contribution in [2.45, 2.75) is 19.4 Å². The number of rotatable bonds is 4. The molecule has 1 unspecified atom stereocenters. The van der Waals surface area contributed by atoms with Gasteiger partial charge in [0, 0.05) is 23.1 Å². The Labute approximate surface area is 130 Å². The van der Waals surface area contributed by atoms with Crippen LogP contribution in [-0.4, -0.2) is 31.6 Å². The number of ether oxygens (including phenoxy) is 1. The molecule has 2 N–H and O–H groups in total. The molecule has 19 heavy (non-hydrogen) atoms. The van der Waals surface area contributed by atoms with E-state index in [0.717, 1.165) is 36.4 Å². The van der Waals surface area contributed by atoms with Gasteiger partial charge >= 0.3 is 0 Å². The maximum absolute atomic E-state index is 5.78. The number of piperidine rings is 1. The van der Waals surface area contributed by atoms with Crippen molar-refractivity contribution in [1.29, 1.82) is 0 Å². The Bertz CT molecular complexity index is 403. The number of halogens is 2. The molecule has 1 aliphatic rings. The van der Waals surface area contributed by atoms with Gasteiger partial charge in [-0.05, 0) is 50.0 Å². The second kappa shape index (κ2) is 8.10. The highest BCUT2D eigenvalue weighted by molar-refractivity contribution is 9.10. The molecule has 1 aromatic carbocycles.